The number of aryl methyl sites for hydroxylation is 1. The van der Waals surface area contributed by atoms with Crippen LogP contribution in [0.3, 0.4) is 0 Å². The zero-order valence-corrected chi connectivity index (χ0v) is 36.9. The van der Waals surface area contributed by atoms with E-state index < -0.39 is 0 Å². The first-order valence-electron chi connectivity index (χ1n) is 22.2. The molecule has 9 aromatic carbocycles. The first-order chi connectivity index (χ1) is 33.0. The number of anilines is 5. The van der Waals surface area contributed by atoms with Gasteiger partial charge in [0.1, 0.15) is 40.2 Å². The van der Waals surface area contributed by atoms with Gasteiger partial charge >= 0.3 is 0 Å². The Morgan fingerprint density at radius 3 is 1.15 bits per heavy atom. The third-order valence-electron chi connectivity index (χ3n) is 11.4. The smallest absolute Gasteiger partial charge is 0.129 e. The summed E-state index contributed by atoms with van der Waals surface area (Å²) in [6.45, 7) is 0. The molecule has 0 fully saturated rings. The van der Waals surface area contributed by atoms with Crippen LogP contribution in [0.25, 0.3) is 21.8 Å². The largest absolute Gasteiger partial charge is 0.508 e. The molecule has 0 amide bonds. The number of rotatable bonds is 12. The minimum atomic E-state index is 0.322. The highest BCUT2D eigenvalue weighted by atomic mass is 16.5. The number of aromatic nitrogens is 1. The second-order valence-electron chi connectivity index (χ2n) is 16.0. The Balaban J connectivity index is 0.000000689. The molecule has 0 spiro atoms. The summed E-state index contributed by atoms with van der Waals surface area (Å²) in [6, 6.07) is 76.6. The number of fused-ring (bicyclic) bond motifs is 3. The van der Waals surface area contributed by atoms with Gasteiger partial charge in [-0.25, -0.2) is 0 Å². The van der Waals surface area contributed by atoms with Gasteiger partial charge in [-0.15, -0.1) is 0 Å². The van der Waals surface area contributed by atoms with Crippen molar-refractivity contribution < 1.29 is 19.3 Å². The summed E-state index contributed by atoms with van der Waals surface area (Å²) in [6.07, 6.45) is 7.54. The van der Waals surface area contributed by atoms with Crippen molar-refractivity contribution in [3.05, 3.63) is 254 Å². The van der Waals surface area contributed by atoms with Crippen LogP contribution in [0.1, 0.15) is 6.42 Å². The average Bonchev–Trinajstić information content (AvgIpc) is 3.99. The molecule has 326 valence electrons. The highest BCUT2D eigenvalue weighted by Crippen LogP contribution is 2.43. The lowest BCUT2D eigenvalue weighted by Crippen LogP contribution is -2.14. The fourth-order valence-electron chi connectivity index (χ4n) is 8.34. The molecule has 7 nitrogen and oxygen atoms in total. The molecule has 0 unspecified atom stereocenters. The highest BCUT2D eigenvalue weighted by Gasteiger charge is 2.21. The lowest BCUT2D eigenvalue weighted by atomic mass is 10.1. The number of aromatic hydroxyl groups is 1. The van der Waals surface area contributed by atoms with Crippen molar-refractivity contribution in [2.24, 2.45) is 7.05 Å². The normalized spacial score (nSPS) is 11.7. The monoisotopic (exact) mass is 873 g/mol. The fraction of sp³-hybridized carbons (Fsp3) is 0.0333. The molecule has 0 saturated heterocycles. The van der Waals surface area contributed by atoms with E-state index in [9.17, 15) is 0 Å². The quantitative estimate of drug-likeness (QED) is 0.132. The van der Waals surface area contributed by atoms with Crippen LogP contribution in [-0.2, 0) is 7.05 Å². The van der Waals surface area contributed by atoms with Gasteiger partial charge in [-0.1, -0.05) is 103 Å². The maximum Gasteiger partial charge on any atom is 0.129 e. The van der Waals surface area contributed by atoms with Gasteiger partial charge < -0.3 is 33.7 Å². The van der Waals surface area contributed by atoms with E-state index in [4.69, 9.17) is 19.3 Å². The topological polar surface area (TPSA) is 59.3 Å². The Labute approximate surface area is 390 Å². The molecular weight excluding hydrogens is 827 g/mol. The molecule has 7 heteroatoms. The van der Waals surface area contributed by atoms with Gasteiger partial charge in [-0.05, 0) is 134 Å². The SMILES string of the molecule is Cn1c2ccc(N(C3=CCC=C3)c3cccc(Oc4ccccc4)c3)cc2c2cc(N(c3cccc(Oc4ccccc4)c3)c3cccc(Oc4ccccc4)c3)ccc21.Oc1ccccc1. The summed E-state index contributed by atoms with van der Waals surface area (Å²) >= 11 is 0. The Hall–Kier alpha value is -8.94. The van der Waals surface area contributed by atoms with Gasteiger partial charge in [0.15, 0.2) is 0 Å². The van der Waals surface area contributed by atoms with Crippen molar-refractivity contribution in [3.8, 4) is 40.2 Å². The fourth-order valence-corrected chi connectivity index (χ4v) is 8.34. The van der Waals surface area contributed by atoms with Crippen molar-refractivity contribution in [1.29, 1.82) is 0 Å². The molecule has 1 aromatic heterocycles. The lowest BCUT2D eigenvalue weighted by molar-refractivity contribution is 0.475. The van der Waals surface area contributed by atoms with Gasteiger partial charge in [0.25, 0.3) is 0 Å². The zero-order chi connectivity index (χ0) is 45.4. The summed E-state index contributed by atoms with van der Waals surface area (Å²) in [5.74, 6) is 4.94. The molecule has 11 rings (SSSR count). The van der Waals surface area contributed by atoms with Gasteiger partial charge in [-0.2, -0.15) is 0 Å². The van der Waals surface area contributed by atoms with Crippen LogP contribution in [-0.4, -0.2) is 9.67 Å². The Morgan fingerprint density at radius 1 is 0.388 bits per heavy atom. The number of hydrogen-bond acceptors (Lipinski definition) is 6. The number of phenols is 1. The second kappa shape index (κ2) is 19.4. The summed E-state index contributed by atoms with van der Waals surface area (Å²) in [5, 5.41) is 10.9. The number of allylic oxidation sites excluding steroid dienone is 3. The number of benzene rings is 9. The molecule has 1 aliphatic rings. The average molecular weight is 874 g/mol. The standard InChI is InChI=1S/C54H41N3O3.C6H6O/c1-55-53-32-30-43(56(39-16-11-12-17-39)40-18-13-27-48(34-40)58-45-21-5-2-6-22-45)37-51(53)52-38-44(31-33-54(52)55)57(41-19-14-28-49(35-41)59-46-23-7-3-8-24-46)42-20-15-29-50(36-42)60-47-25-9-4-10-26-47;7-6-4-2-1-3-5-6/h2-11,13-38H,12H2,1H3;1-5,7H. The van der Waals surface area contributed by atoms with Gasteiger partial charge in [-0.3, -0.25) is 0 Å². The summed E-state index contributed by atoms with van der Waals surface area (Å²) in [7, 11) is 2.14. The predicted octanol–water partition coefficient (Wildman–Crippen LogP) is 16.6. The molecule has 0 saturated carbocycles. The summed E-state index contributed by atoms with van der Waals surface area (Å²) < 4.78 is 21.3. The van der Waals surface area contributed by atoms with Crippen LogP contribution >= 0.6 is 0 Å². The molecule has 0 radical (unpaired) electrons. The molecule has 0 bridgehead atoms. The van der Waals surface area contributed by atoms with Gasteiger partial charge in [0.2, 0.25) is 0 Å². The first kappa shape index (κ1) is 42.0. The highest BCUT2D eigenvalue weighted by molar-refractivity contribution is 6.11. The lowest BCUT2D eigenvalue weighted by Gasteiger charge is -2.27. The molecule has 67 heavy (non-hydrogen) atoms. The number of nitrogens with zero attached hydrogens (tertiary/aromatic N) is 3. The number of phenolic OH excluding ortho intramolecular Hbond substituents is 1. The predicted molar refractivity (Wildman–Crippen MR) is 273 cm³/mol. The van der Waals surface area contributed by atoms with Crippen LogP contribution in [0.4, 0.5) is 28.4 Å². The third kappa shape index (κ3) is 9.63. The van der Waals surface area contributed by atoms with E-state index in [1.807, 2.05) is 127 Å². The van der Waals surface area contributed by atoms with Crippen LogP contribution in [0, 0.1) is 0 Å². The molecule has 10 aromatic rings. The van der Waals surface area contributed by atoms with E-state index in [0.29, 0.717) is 5.75 Å². The van der Waals surface area contributed by atoms with Gasteiger partial charge in [0, 0.05) is 81.2 Å². The molecule has 1 heterocycles. The summed E-state index contributed by atoms with van der Waals surface area (Å²) in [4.78, 5) is 4.57. The van der Waals surface area contributed by atoms with E-state index in [0.717, 1.165) is 96.9 Å². The van der Waals surface area contributed by atoms with E-state index in [1.54, 1.807) is 24.3 Å². The third-order valence-corrected chi connectivity index (χ3v) is 11.4. The second-order valence-corrected chi connectivity index (χ2v) is 16.0. The summed E-state index contributed by atoms with van der Waals surface area (Å²) in [5.41, 5.74) is 8.37. The van der Waals surface area contributed by atoms with Crippen molar-refractivity contribution >= 4 is 50.2 Å². The van der Waals surface area contributed by atoms with Crippen LogP contribution in [0.2, 0.25) is 0 Å². The Bertz CT molecular complexity index is 3250. The number of ether oxygens (including phenoxy) is 3. The van der Waals surface area contributed by atoms with E-state index in [1.165, 1.54) is 0 Å². The van der Waals surface area contributed by atoms with E-state index >= 15 is 0 Å². The van der Waals surface area contributed by atoms with Crippen LogP contribution in [0.5, 0.6) is 40.2 Å². The zero-order valence-electron chi connectivity index (χ0n) is 36.9. The number of hydrogen-bond donors (Lipinski definition) is 1. The maximum atomic E-state index is 8.63. The van der Waals surface area contributed by atoms with Gasteiger partial charge in [0.05, 0.1) is 0 Å². The van der Waals surface area contributed by atoms with Crippen molar-refractivity contribution in [3.63, 3.8) is 0 Å². The van der Waals surface area contributed by atoms with Crippen molar-refractivity contribution in [2.45, 2.75) is 6.42 Å². The minimum absolute atomic E-state index is 0.322. The molecule has 0 aliphatic heterocycles. The molecule has 0 atom stereocenters. The Morgan fingerprint density at radius 2 is 0.761 bits per heavy atom. The van der Waals surface area contributed by atoms with E-state index in [-0.39, 0.29) is 0 Å². The number of para-hydroxylation sites is 4. The van der Waals surface area contributed by atoms with Crippen LogP contribution in [0.15, 0.2) is 254 Å². The maximum absolute atomic E-state index is 8.63. The first-order valence-corrected chi connectivity index (χ1v) is 22.2. The van der Waals surface area contributed by atoms with E-state index in [2.05, 4.69) is 119 Å². The Kier molecular flexibility index (Phi) is 12.2. The molecule has 1 aliphatic carbocycles. The van der Waals surface area contributed by atoms with Crippen LogP contribution < -0.4 is 24.0 Å². The minimum Gasteiger partial charge on any atom is -0.508 e. The van der Waals surface area contributed by atoms with Crippen molar-refractivity contribution in [1.82, 2.24) is 4.57 Å². The van der Waals surface area contributed by atoms with Crippen molar-refractivity contribution in [2.75, 3.05) is 9.80 Å². The molecule has 1 N–H and O–H groups in total. The molecular formula is C60H47N3O4.